The maximum absolute atomic E-state index is 13.5. The molecule has 2 aromatic heterocycles. The van der Waals surface area contributed by atoms with E-state index in [2.05, 4.69) is 25.8 Å². The molecular weight excluding hydrogens is 516 g/mol. The number of nitrogens with one attached hydrogen (secondary N) is 1. The Bertz CT molecular complexity index is 1390. The molecule has 4 rings (SSSR count). The molecule has 12 heteroatoms. The third kappa shape index (κ3) is 6.95. The first-order chi connectivity index (χ1) is 18.4. The first-order valence-corrected chi connectivity index (χ1v) is 12.0. The molecule has 204 valence electrons. The zero-order valence-corrected chi connectivity index (χ0v) is 21.4. The fourth-order valence-electron chi connectivity index (χ4n) is 4.03. The molecule has 0 aliphatic heterocycles. The normalized spacial score (nSPS) is 13.5. The Morgan fingerprint density at radius 2 is 1.82 bits per heavy atom. The van der Waals surface area contributed by atoms with E-state index in [1.807, 2.05) is 31.2 Å². The molecule has 2 unspecified atom stereocenters. The average Bonchev–Trinajstić information content (AvgIpc) is 3.43. The number of amides is 1. The van der Waals surface area contributed by atoms with Gasteiger partial charge in [0.15, 0.2) is 5.60 Å². The lowest BCUT2D eigenvalue weighted by Gasteiger charge is -2.31. The van der Waals surface area contributed by atoms with Gasteiger partial charge in [-0.15, -0.1) is 5.10 Å². The minimum Gasteiger partial charge on any atom is -0.462 e. The molecule has 0 saturated carbocycles. The van der Waals surface area contributed by atoms with E-state index in [4.69, 9.17) is 4.74 Å². The van der Waals surface area contributed by atoms with E-state index < -0.39 is 29.3 Å². The summed E-state index contributed by atoms with van der Waals surface area (Å²) >= 11 is 0. The summed E-state index contributed by atoms with van der Waals surface area (Å²) in [6.45, 7) is 4.84. The lowest BCUT2D eigenvalue weighted by atomic mass is 9.86. The molecule has 0 fully saturated rings. The summed E-state index contributed by atoms with van der Waals surface area (Å²) in [4.78, 5) is 17.0. The molecule has 2 atom stereocenters. The number of carbonyl (C=O) groups excluding carboxylic acids is 1. The molecule has 0 aliphatic carbocycles. The highest BCUT2D eigenvalue weighted by molar-refractivity contribution is 5.85. The number of ether oxygens (including phenoxy) is 1. The smallest absolute Gasteiger partial charge is 0.417 e. The molecule has 39 heavy (non-hydrogen) atoms. The molecule has 4 aromatic rings. The Kier molecular flexibility index (Phi) is 7.93. The molecule has 0 bridgehead atoms. The van der Waals surface area contributed by atoms with E-state index in [0.29, 0.717) is 12.6 Å². The fraction of sp³-hybridized carbons (Fsp3) is 0.296. The van der Waals surface area contributed by atoms with Crippen LogP contribution in [-0.2, 0) is 17.4 Å². The second-order valence-electron chi connectivity index (χ2n) is 9.54. The Morgan fingerprint density at radius 1 is 1.08 bits per heavy atom. The predicted molar refractivity (Wildman–Crippen MR) is 134 cm³/mol. The summed E-state index contributed by atoms with van der Waals surface area (Å²) in [6.07, 6.45) is -1.94. The summed E-state index contributed by atoms with van der Waals surface area (Å²) < 4.78 is 59.2. The molecule has 1 amide bonds. The Hall–Kier alpha value is -4.35. The van der Waals surface area contributed by atoms with Crippen molar-refractivity contribution in [2.24, 2.45) is 0 Å². The van der Waals surface area contributed by atoms with Gasteiger partial charge >= 0.3 is 6.18 Å². The number of rotatable bonds is 9. The lowest BCUT2D eigenvalue weighted by molar-refractivity contribution is -0.138. The summed E-state index contributed by atoms with van der Waals surface area (Å²) in [5, 5.41) is 14.2. The van der Waals surface area contributed by atoms with E-state index in [0.717, 1.165) is 28.9 Å². The minimum atomic E-state index is -4.53. The van der Waals surface area contributed by atoms with Gasteiger partial charge in [0, 0.05) is 24.2 Å². The van der Waals surface area contributed by atoms with Crippen LogP contribution in [0.25, 0.3) is 5.69 Å². The van der Waals surface area contributed by atoms with E-state index in [9.17, 15) is 22.4 Å². The highest BCUT2D eigenvalue weighted by Gasteiger charge is 2.34. The second-order valence-corrected chi connectivity index (χ2v) is 9.54. The van der Waals surface area contributed by atoms with Gasteiger partial charge in [0.05, 0.1) is 11.3 Å². The van der Waals surface area contributed by atoms with Crippen molar-refractivity contribution in [2.75, 3.05) is 0 Å². The Labute approximate surface area is 222 Å². The van der Waals surface area contributed by atoms with Crippen molar-refractivity contribution in [3.63, 3.8) is 0 Å². The maximum Gasteiger partial charge on any atom is 0.417 e. The van der Waals surface area contributed by atoms with E-state index in [1.165, 1.54) is 37.0 Å². The van der Waals surface area contributed by atoms with Gasteiger partial charge in [-0.2, -0.15) is 13.2 Å². The highest BCUT2D eigenvalue weighted by atomic mass is 19.4. The van der Waals surface area contributed by atoms with Crippen molar-refractivity contribution in [3.05, 3.63) is 95.7 Å². The largest absolute Gasteiger partial charge is 0.462 e. The van der Waals surface area contributed by atoms with Gasteiger partial charge in [-0.25, -0.2) is 14.1 Å². The van der Waals surface area contributed by atoms with Crippen LogP contribution in [0, 0.1) is 5.82 Å². The fourth-order valence-corrected chi connectivity index (χ4v) is 4.03. The van der Waals surface area contributed by atoms with Crippen LogP contribution in [0.15, 0.2) is 73.2 Å². The summed E-state index contributed by atoms with van der Waals surface area (Å²) in [7, 11) is 0. The van der Waals surface area contributed by atoms with Gasteiger partial charge in [0.2, 0.25) is 5.88 Å². The van der Waals surface area contributed by atoms with Crippen LogP contribution in [0.1, 0.15) is 43.4 Å². The molecule has 8 nitrogen and oxygen atoms in total. The second kappa shape index (κ2) is 11.2. The number of alkyl halides is 3. The third-order valence-electron chi connectivity index (χ3n) is 6.21. The van der Waals surface area contributed by atoms with Crippen LogP contribution < -0.4 is 10.1 Å². The van der Waals surface area contributed by atoms with Crippen molar-refractivity contribution in [2.45, 2.75) is 50.9 Å². The maximum atomic E-state index is 13.5. The molecule has 2 heterocycles. The molecule has 1 N–H and O–H groups in total. The van der Waals surface area contributed by atoms with Crippen LogP contribution in [0.4, 0.5) is 17.6 Å². The molecule has 0 aliphatic rings. The van der Waals surface area contributed by atoms with Gasteiger partial charge in [-0.3, -0.25) is 4.79 Å². The van der Waals surface area contributed by atoms with Crippen LogP contribution in [0.5, 0.6) is 5.88 Å². The molecule has 0 saturated heterocycles. The lowest BCUT2D eigenvalue weighted by Crippen LogP contribution is -2.51. The number of carbonyl (C=O) groups is 1. The molecular formula is C27H26F4N6O2. The molecule has 0 spiro atoms. The SMILES string of the molecule is CC(NC(=O)C(C)(C)Oc1ccc(C(F)(F)F)cn1)C(Cc1ccc(F)cc1)c1cccc(-n2cnnn2)c1. The number of hydrogen-bond acceptors (Lipinski definition) is 6. The number of pyridine rings is 1. The Morgan fingerprint density at radius 3 is 2.44 bits per heavy atom. The van der Waals surface area contributed by atoms with Crippen LogP contribution in [-0.4, -0.2) is 42.7 Å². The number of tetrazole rings is 1. The standard InChI is InChI=1S/C27H26F4N6O2/c1-17(34-25(38)26(2,3)39-24-12-9-20(15-32-24)27(29,30)31)23(13-18-7-10-21(28)11-8-18)19-5-4-6-22(14-19)37-16-33-35-36-37/h4-12,14-17,23H,13H2,1-3H3,(H,34,38). The summed E-state index contributed by atoms with van der Waals surface area (Å²) in [5.41, 5.74) is 0.0915. The molecule has 0 radical (unpaired) electrons. The van der Waals surface area contributed by atoms with Crippen molar-refractivity contribution in [3.8, 4) is 11.6 Å². The number of aromatic nitrogens is 5. The van der Waals surface area contributed by atoms with Gasteiger partial charge < -0.3 is 10.1 Å². The zero-order chi connectivity index (χ0) is 28.2. The van der Waals surface area contributed by atoms with Crippen molar-refractivity contribution < 1.29 is 27.1 Å². The van der Waals surface area contributed by atoms with E-state index in [-0.39, 0.29) is 17.6 Å². The number of nitrogens with zero attached hydrogens (tertiary/aromatic N) is 5. The molecule has 2 aromatic carbocycles. The van der Waals surface area contributed by atoms with E-state index in [1.54, 1.807) is 12.1 Å². The Balaban J connectivity index is 1.55. The highest BCUT2D eigenvalue weighted by Crippen LogP contribution is 2.30. The van der Waals surface area contributed by atoms with Gasteiger partial charge in [0.1, 0.15) is 12.1 Å². The predicted octanol–water partition coefficient (Wildman–Crippen LogP) is 4.90. The first-order valence-electron chi connectivity index (χ1n) is 12.0. The summed E-state index contributed by atoms with van der Waals surface area (Å²) in [5.74, 6) is -1.21. The third-order valence-corrected chi connectivity index (χ3v) is 6.21. The number of hydrogen-bond donors (Lipinski definition) is 1. The van der Waals surface area contributed by atoms with Gasteiger partial charge in [-0.1, -0.05) is 24.3 Å². The number of halogens is 4. The quantitative estimate of drug-likeness (QED) is 0.302. The van der Waals surface area contributed by atoms with Crippen LogP contribution in [0.3, 0.4) is 0 Å². The van der Waals surface area contributed by atoms with Crippen molar-refractivity contribution in [1.29, 1.82) is 0 Å². The van der Waals surface area contributed by atoms with Crippen molar-refractivity contribution in [1.82, 2.24) is 30.5 Å². The van der Waals surface area contributed by atoms with Crippen molar-refractivity contribution >= 4 is 5.91 Å². The van der Waals surface area contributed by atoms with E-state index >= 15 is 0 Å². The van der Waals surface area contributed by atoms with Crippen LogP contribution in [0.2, 0.25) is 0 Å². The zero-order valence-electron chi connectivity index (χ0n) is 21.4. The topological polar surface area (TPSA) is 94.8 Å². The summed E-state index contributed by atoms with van der Waals surface area (Å²) in [6, 6.07) is 15.1. The monoisotopic (exact) mass is 542 g/mol. The first kappa shape index (κ1) is 27.7. The van der Waals surface area contributed by atoms with Gasteiger partial charge in [-0.05, 0) is 79.1 Å². The average molecular weight is 543 g/mol. The number of benzene rings is 2. The minimum absolute atomic E-state index is 0.118. The van der Waals surface area contributed by atoms with Gasteiger partial charge in [0.25, 0.3) is 5.91 Å². The van der Waals surface area contributed by atoms with Crippen LogP contribution >= 0.6 is 0 Å².